The lowest BCUT2D eigenvalue weighted by Crippen LogP contribution is -2.43. The van der Waals surface area contributed by atoms with Gasteiger partial charge in [0.15, 0.2) is 0 Å². The topological polar surface area (TPSA) is 75.3 Å². The number of rotatable bonds is 3. The molecule has 4 N–H and O–H groups in total. The minimum absolute atomic E-state index is 0.122. The highest BCUT2D eigenvalue weighted by atomic mass is 32.1. The Morgan fingerprint density at radius 2 is 2.21 bits per heavy atom. The fourth-order valence-electron chi connectivity index (χ4n) is 2.35. The number of aryl methyl sites for hydroxylation is 1. The van der Waals surface area contributed by atoms with E-state index < -0.39 is 0 Å². The number of hydrogen-bond donors (Lipinski definition) is 3. The van der Waals surface area contributed by atoms with Gasteiger partial charge in [0.25, 0.3) is 0 Å². The first-order chi connectivity index (χ1) is 9.19. The number of nitrogens with zero attached hydrogens (tertiary/aromatic N) is 2. The van der Waals surface area contributed by atoms with Crippen LogP contribution in [0.5, 0.6) is 0 Å². The summed E-state index contributed by atoms with van der Waals surface area (Å²) < 4.78 is 0. The van der Waals surface area contributed by atoms with Gasteiger partial charge in [-0.3, -0.25) is 5.43 Å². The molecule has 0 bridgehead atoms. The highest BCUT2D eigenvalue weighted by Gasteiger charge is 2.15. The number of thiazole rings is 1. The van der Waals surface area contributed by atoms with Crippen molar-refractivity contribution in [2.24, 2.45) is 10.8 Å². The van der Waals surface area contributed by atoms with Gasteiger partial charge in [0.1, 0.15) is 5.01 Å². The molecule has 1 unspecified atom stereocenters. The van der Waals surface area contributed by atoms with Gasteiger partial charge >= 0.3 is 0 Å². The zero-order chi connectivity index (χ0) is 13.7. The molecule has 1 aromatic heterocycles. The summed E-state index contributed by atoms with van der Waals surface area (Å²) in [7, 11) is 0. The zero-order valence-electron chi connectivity index (χ0n) is 11.6. The Morgan fingerprint density at radius 3 is 2.79 bits per heavy atom. The van der Waals surface area contributed by atoms with Gasteiger partial charge in [-0.2, -0.15) is 0 Å². The molecule has 2 rings (SSSR count). The number of nitrogens with two attached hydrogens (primary N) is 1. The van der Waals surface area contributed by atoms with Crippen LogP contribution in [0.4, 0.5) is 0 Å². The van der Waals surface area contributed by atoms with Gasteiger partial charge < -0.3 is 5.32 Å². The summed E-state index contributed by atoms with van der Waals surface area (Å²) in [6.07, 6.45) is 8.10. The lowest BCUT2D eigenvalue weighted by molar-refractivity contribution is 0.440. The van der Waals surface area contributed by atoms with Crippen molar-refractivity contribution in [3.8, 4) is 0 Å². The number of nitrogens with one attached hydrogen (secondary N) is 2. The number of guanidine groups is 1. The molecular weight excluding hydrogens is 258 g/mol. The van der Waals surface area contributed by atoms with Crippen LogP contribution in [0, 0.1) is 6.92 Å². The average molecular weight is 281 g/mol. The molecule has 0 aromatic carbocycles. The van der Waals surface area contributed by atoms with Gasteiger partial charge in [-0.25, -0.2) is 15.8 Å². The summed E-state index contributed by atoms with van der Waals surface area (Å²) in [5, 5.41) is 4.36. The smallest absolute Gasteiger partial charge is 0.206 e. The maximum atomic E-state index is 5.56. The molecule has 0 radical (unpaired) electrons. The molecule has 1 fully saturated rings. The molecule has 1 aliphatic rings. The highest BCUT2D eigenvalue weighted by molar-refractivity contribution is 7.11. The Hall–Kier alpha value is -1.14. The fraction of sp³-hybridized carbons (Fsp3) is 0.692. The second-order valence-electron chi connectivity index (χ2n) is 5.09. The van der Waals surface area contributed by atoms with Gasteiger partial charge in [0.2, 0.25) is 5.96 Å². The number of hydrogen-bond acceptors (Lipinski definition) is 4. The monoisotopic (exact) mass is 281 g/mol. The quantitative estimate of drug-likeness (QED) is 0.344. The van der Waals surface area contributed by atoms with Gasteiger partial charge in [-0.1, -0.05) is 19.3 Å². The summed E-state index contributed by atoms with van der Waals surface area (Å²) in [5.74, 6) is 6.23. The first-order valence-corrected chi connectivity index (χ1v) is 7.74. The lowest BCUT2D eigenvalue weighted by Gasteiger charge is -2.21. The fourth-order valence-corrected chi connectivity index (χ4v) is 3.12. The summed E-state index contributed by atoms with van der Waals surface area (Å²) in [6.45, 7) is 4.14. The number of hydrazine groups is 1. The van der Waals surface area contributed by atoms with E-state index in [9.17, 15) is 0 Å². The average Bonchev–Trinajstić information content (AvgIpc) is 2.86. The van der Waals surface area contributed by atoms with E-state index in [1.807, 2.05) is 6.20 Å². The van der Waals surface area contributed by atoms with E-state index in [2.05, 4.69) is 34.6 Å². The first kappa shape index (κ1) is 14.3. The van der Waals surface area contributed by atoms with E-state index >= 15 is 0 Å². The van der Waals surface area contributed by atoms with E-state index in [1.165, 1.54) is 24.1 Å². The molecule has 0 spiro atoms. The molecule has 1 aromatic rings. The summed E-state index contributed by atoms with van der Waals surface area (Å²) in [5.41, 5.74) is 2.67. The van der Waals surface area contributed by atoms with Crippen LogP contribution >= 0.6 is 11.3 Å². The van der Waals surface area contributed by atoms with E-state index in [0.29, 0.717) is 12.0 Å². The SMILES string of the molecule is Cc1cnc(C(C)NC(=NC2CCCCC2)NN)s1. The van der Waals surface area contributed by atoms with Crippen LogP contribution in [0.2, 0.25) is 0 Å². The van der Waals surface area contributed by atoms with Gasteiger partial charge in [0.05, 0.1) is 12.1 Å². The first-order valence-electron chi connectivity index (χ1n) is 6.92. The van der Waals surface area contributed by atoms with E-state index in [4.69, 9.17) is 5.84 Å². The van der Waals surface area contributed by atoms with Crippen molar-refractivity contribution in [3.63, 3.8) is 0 Å². The molecule has 0 amide bonds. The van der Waals surface area contributed by atoms with Crippen LogP contribution in [0.1, 0.15) is 55.0 Å². The van der Waals surface area contributed by atoms with E-state index in [0.717, 1.165) is 17.8 Å². The largest absolute Gasteiger partial charge is 0.346 e. The Labute approximate surface area is 118 Å². The van der Waals surface area contributed by atoms with Crippen LogP contribution < -0.4 is 16.6 Å². The van der Waals surface area contributed by atoms with Gasteiger partial charge in [0, 0.05) is 11.1 Å². The molecule has 5 nitrogen and oxygen atoms in total. The second-order valence-corrected chi connectivity index (χ2v) is 6.36. The van der Waals surface area contributed by atoms with E-state index in [1.54, 1.807) is 11.3 Å². The molecule has 19 heavy (non-hydrogen) atoms. The van der Waals surface area contributed by atoms with Crippen molar-refractivity contribution in [1.29, 1.82) is 0 Å². The standard InChI is InChI=1S/C13H23N5S/c1-9-8-15-12(19-9)10(2)16-13(18-14)17-11-6-4-3-5-7-11/h8,10-11H,3-7,14H2,1-2H3,(H2,16,17,18). The van der Waals surface area contributed by atoms with Crippen LogP contribution in [0.15, 0.2) is 11.2 Å². The minimum atomic E-state index is 0.122. The molecular formula is C13H23N5S. The molecule has 0 aliphatic heterocycles. The Morgan fingerprint density at radius 1 is 1.47 bits per heavy atom. The molecule has 6 heteroatoms. The van der Waals surface area contributed by atoms with Gasteiger partial charge in [-0.05, 0) is 26.7 Å². The van der Waals surface area contributed by atoms with Crippen molar-refractivity contribution < 1.29 is 0 Å². The van der Waals surface area contributed by atoms with Crippen molar-refractivity contribution in [2.45, 2.75) is 58.0 Å². The maximum absolute atomic E-state index is 5.56. The van der Waals surface area contributed by atoms with Crippen molar-refractivity contribution in [1.82, 2.24) is 15.7 Å². The molecule has 1 atom stereocenters. The van der Waals surface area contributed by atoms with Crippen molar-refractivity contribution in [3.05, 3.63) is 16.1 Å². The summed E-state index contributed by atoms with van der Waals surface area (Å²) in [6, 6.07) is 0.523. The Balaban J connectivity index is 1.95. The lowest BCUT2D eigenvalue weighted by atomic mass is 9.96. The predicted molar refractivity (Wildman–Crippen MR) is 80.0 cm³/mol. The maximum Gasteiger partial charge on any atom is 0.206 e. The summed E-state index contributed by atoms with van der Waals surface area (Å²) in [4.78, 5) is 10.3. The van der Waals surface area contributed by atoms with Gasteiger partial charge in [-0.15, -0.1) is 11.3 Å². The predicted octanol–water partition coefficient (Wildman–Crippen LogP) is 2.25. The third kappa shape index (κ3) is 4.18. The zero-order valence-corrected chi connectivity index (χ0v) is 12.5. The van der Waals surface area contributed by atoms with Crippen molar-refractivity contribution >= 4 is 17.3 Å². The van der Waals surface area contributed by atoms with Crippen molar-refractivity contribution in [2.75, 3.05) is 0 Å². The third-order valence-electron chi connectivity index (χ3n) is 3.39. The highest BCUT2D eigenvalue weighted by Crippen LogP contribution is 2.21. The number of aromatic nitrogens is 1. The summed E-state index contributed by atoms with van der Waals surface area (Å²) >= 11 is 1.70. The number of aliphatic imine (C=N–C) groups is 1. The molecule has 0 saturated heterocycles. The molecule has 1 aliphatic carbocycles. The van der Waals surface area contributed by atoms with Crippen LogP contribution in [0.25, 0.3) is 0 Å². The molecule has 106 valence electrons. The van der Waals surface area contributed by atoms with Crippen LogP contribution in [-0.2, 0) is 0 Å². The molecule has 1 saturated carbocycles. The second kappa shape index (κ2) is 6.86. The third-order valence-corrected chi connectivity index (χ3v) is 4.48. The van der Waals surface area contributed by atoms with Crippen LogP contribution in [-0.4, -0.2) is 17.0 Å². The normalized spacial score (nSPS) is 19.2. The Bertz CT molecular complexity index is 422. The Kier molecular flexibility index (Phi) is 5.15. The van der Waals surface area contributed by atoms with Crippen LogP contribution in [0.3, 0.4) is 0 Å². The van der Waals surface area contributed by atoms with E-state index in [-0.39, 0.29) is 6.04 Å². The molecule has 1 heterocycles. The minimum Gasteiger partial charge on any atom is -0.346 e.